The number of anilines is 1. The summed E-state index contributed by atoms with van der Waals surface area (Å²) in [6.45, 7) is -0.0513. The highest BCUT2D eigenvalue weighted by atomic mass is 16.5. The summed E-state index contributed by atoms with van der Waals surface area (Å²) in [6.07, 6.45) is -0.636. The summed E-state index contributed by atoms with van der Waals surface area (Å²) in [4.78, 5) is 14.0. The Morgan fingerprint density at radius 1 is 1.20 bits per heavy atom. The Hall–Kier alpha value is -2.33. The maximum absolute atomic E-state index is 12.4. The molecular formula is C16H15NO3. The zero-order valence-electron chi connectivity index (χ0n) is 11.1. The van der Waals surface area contributed by atoms with Gasteiger partial charge in [0.1, 0.15) is 5.75 Å². The zero-order valence-corrected chi connectivity index (χ0v) is 11.1. The Labute approximate surface area is 117 Å². The van der Waals surface area contributed by atoms with E-state index in [0.717, 1.165) is 16.8 Å². The summed E-state index contributed by atoms with van der Waals surface area (Å²) in [5.74, 6) is 0.521. The lowest BCUT2D eigenvalue weighted by atomic mass is 10.1. The van der Waals surface area contributed by atoms with Gasteiger partial charge in [-0.1, -0.05) is 36.4 Å². The molecule has 1 unspecified atom stereocenters. The molecule has 2 aromatic carbocycles. The molecule has 0 saturated carbocycles. The average Bonchev–Trinajstić information content (AvgIpc) is 2.51. The van der Waals surface area contributed by atoms with Crippen molar-refractivity contribution >= 4 is 11.6 Å². The van der Waals surface area contributed by atoms with E-state index in [2.05, 4.69) is 0 Å². The van der Waals surface area contributed by atoms with E-state index in [4.69, 9.17) is 4.74 Å². The molecule has 1 aliphatic heterocycles. The number of benzene rings is 2. The topological polar surface area (TPSA) is 49.8 Å². The molecule has 4 heteroatoms. The predicted molar refractivity (Wildman–Crippen MR) is 75.6 cm³/mol. The van der Waals surface area contributed by atoms with Crippen LogP contribution in [0.25, 0.3) is 0 Å². The first kappa shape index (κ1) is 12.7. The Kier molecular flexibility index (Phi) is 3.16. The lowest BCUT2D eigenvalue weighted by molar-refractivity contribution is -0.126. The zero-order chi connectivity index (χ0) is 14.1. The number of carbonyl (C=O) groups excluding carboxylic acids is 1. The molecule has 20 heavy (non-hydrogen) atoms. The summed E-state index contributed by atoms with van der Waals surface area (Å²) in [7, 11) is 1.73. The Balaban J connectivity index is 2.03. The minimum absolute atomic E-state index is 0.0513. The SMILES string of the molecule is CN1C(=O)C(c2ccccc2)Oc2cc(CO)ccc21. The molecule has 0 radical (unpaired) electrons. The van der Waals surface area contributed by atoms with Crippen LogP contribution in [0.15, 0.2) is 48.5 Å². The number of ether oxygens (including phenoxy) is 1. The first-order valence-electron chi connectivity index (χ1n) is 6.43. The first-order valence-corrected chi connectivity index (χ1v) is 6.43. The molecule has 1 atom stereocenters. The average molecular weight is 269 g/mol. The van der Waals surface area contributed by atoms with Gasteiger partial charge in [-0.05, 0) is 17.7 Å². The lowest BCUT2D eigenvalue weighted by Gasteiger charge is -2.32. The Morgan fingerprint density at radius 2 is 1.95 bits per heavy atom. The number of hydrogen-bond donors (Lipinski definition) is 1. The fourth-order valence-electron chi connectivity index (χ4n) is 2.34. The second kappa shape index (κ2) is 4.98. The van der Waals surface area contributed by atoms with Crippen molar-refractivity contribution in [3.05, 3.63) is 59.7 Å². The van der Waals surface area contributed by atoms with E-state index < -0.39 is 6.10 Å². The van der Waals surface area contributed by atoms with Gasteiger partial charge in [-0.3, -0.25) is 4.79 Å². The van der Waals surface area contributed by atoms with E-state index in [1.54, 1.807) is 30.1 Å². The Bertz CT molecular complexity index is 639. The number of fused-ring (bicyclic) bond motifs is 1. The quantitative estimate of drug-likeness (QED) is 0.910. The van der Waals surface area contributed by atoms with Crippen LogP contribution in [0, 0.1) is 0 Å². The van der Waals surface area contributed by atoms with Crippen molar-refractivity contribution in [1.82, 2.24) is 0 Å². The molecule has 0 fully saturated rings. The van der Waals surface area contributed by atoms with Crippen molar-refractivity contribution in [3.8, 4) is 5.75 Å². The van der Waals surface area contributed by atoms with Gasteiger partial charge in [-0.25, -0.2) is 0 Å². The normalized spacial score (nSPS) is 17.6. The van der Waals surface area contributed by atoms with Gasteiger partial charge in [0, 0.05) is 12.6 Å². The molecular weight excluding hydrogens is 254 g/mol. The van der Waals surface area contributed by atoms with Crippen molar-refractivity contribution < 1.29 is 14.6 Å². The van der Waals surface area contributed by atoms with Crippen LogP contribution in [0.5, 0.6) is 5.75 Å². The minimum atomic E-state index is -0.636. The maximum atomic E-state index is 12.4. The molecule has 1 aliphatic rings. The third-order valence-electron chi connectivity index (χ3n) is 3.47. The van der Waals surface area contributed by atoms with Gasteiger partial charge in [0.2, 0.25) is 6.10 Å². The molecule has 0 bridgehead atoms. The van der Waals surface area contributed by atoms with Gasteiger partial charge in [0.25, 0.3) is 5.91 Å². The van der Waals surface area contributed by atoms with Gasteiger partial charge in [-0.2, -0.15) is 0 Å². The number of hydrogen-bond acceptors (Lipinski definition) is 3. The third kappa shape index (κ3) is 2.04. The number of aliphatic hydroxyl groups excluding tert-OH is 1. The molecule has 1 amide bonds. The van der Waals surface area contributed by atoms with E-state index in [-0.39, 0.29) is 12.5 Å². The fraction of sp³-hybridized carbons (Fsp3) is 0.188. The smallest absolute Gasteiger partial charge is 0.272 e. The second-order valence-corrected chi connectivity index (χ2v) is 4.77. The summed E-state index contributed by atoms with van der Waals surface area (Å²) < 4.78 is 5.84. The molecule has 1 N–H and O–H groups in total. The summed E-state index contributed by atoms with van der Waals surface area (Å²) in [6, 6.07) is 14.8. The number of amides is 1. The predicted octanol–water partition coefficient (Wildman–Crippen LogP) is 2.28. The van der Waals surface area contributed by atoms with E-state index in [1.165, 1.54) is 0 Å². The number of carbonyl (C=O) groups is 1. The van der Waals surface area contributed by atoms with Gasteiger partial charge in [0.05, 0.1) is 12.3 Å². The highest BCUT2D eigenvalue weighted by Crippen LogP contribution is 2.38. The van der Waals surface area contributed by atoms with Crippen molar-refractivity contribution in [1.29, 1.82) is 0 Å². The van der Waals surface area contributed by atoms with Crippen molar-refractivity contribution in [3.63, 3.8) is 0 Å². The molecule has 2 aromatic rings. The second-order valence-electron chi connectivity index (χ2n) is 4.77. The lowest BCUT2D eigenvalue weighted by Crippen LogP contribution is -2.38. The van der Waals surface area contributed by atoms with Gasteiger partial charge >= 0.3 is 0 Å². The van der Waals surface area contributed by atoms with Crippen LogP contribution in [0.3, 0.4) is 0 Å². The van der Waals surface area contributed by atoms with Crippen LogP contribution < -0.4 is 9.64 Å². The highest BCUT2D eigenvalue weighted by Gasteiger charge is 2.33. The molecule has 0 spiro atoms. The number of nitrogens with zero attached hydrogens (tertiary/aromatic N) is 1. The molecule has 3 rings (SSSR count). The van der Waals surface area contributed by atoms with Gasteiger partial charge in [0.15, 0.2) is 0 Å². The van der Waals surface area contributed by atoms with Gasteiger partial charge < -0.3 is 14.7 Å². The van der Waals surface area contributed by atoms with Crippen LogP contribution in [-0.2, 0) is 11.4 Å². The molecule has 4 nitrogen and oxygen atoms in total. The summed E-state index contributed by atoms with van der Waals surface area (Å²) >= 11 is 0. The Morgan fingerprint density at radius 3 is 2.65 bits per heavy atom. The summed E-state index contributed by atoms with van der Waals surface area (Å²) in [5, 5.41) is 9.20. The molecule has 0 aliphatic carbocycles. The van der Waals surface area contributed by atoms with Crippen molar-refractivity contribution in [2.24, 2.45) is 0 Å². The van der Waals surface area contributed by atoms with Gasteiger partial charge in [-0.15, -0.1) is 0 Å². The van der Waals surface area contributed by atoms with E-state index in [9.17, 15) is 9.90 Å². The number of likely N-dealkylation sites (N-methyl/N-ethyl adjacent to an activating group) is 1. The highest BCUT2D eigenvalue weighted by molar-refractivity contribution is 6.00. The summed E-state index contributed by atoms with van der Waals surface area (Å²) in [5.41, 5.74) is 2.31. The fourth-order valence-corrected chi connectivity index (χ4v) is 2.34. The van der Waals surface area contributed by atoms with Crippen molar-refractivity contribution in [2.75, 3.05) is 11.9 Å². The number of aliphatic hydroxyl groups is 1. The monoisotopic (exact) mass is 269 g/mol. The van der Waals surface area contributed by atoms with Crippen LogP contribution in [0.1, 0.15) is 17.2 Å². The van der Waals surface area contributed by atoms with Crippen LogP contribution in [-0.4, -0.2) is 18.1 Å². The number of rotatable bonds is 2. The third-order valence-corrected chi connectivity index (χ3v) is 3.47. The first-order chi connectivity index (χ1) is 9.70. The van der Waals surface area contributed by atoms with E-state index in [0.29, 0.717) is 5.75 Å². The van der Waals surface area contributed by atoms with Crippen molar-refractivity contribution in [2.45, 2.75) is 12.7 Å². The molecule has 1 heterocycles. The van der Waals surface area contributed by atoms with Crippen LogP contribution in [0.4, 0.5) is 5.69 Å². The standard InChI is InChI=1S/C16H15NO3/c1-17-13-8-7-11(10-18)9-14(13)20-15(16(17)19)12-5-3-2-4-6-12/h2-9,15,18H,10H2,1H3. The molecule has 0 aromatic heterocycles. The molecule has 102 valence electrons. The molecule has 0 saturated heterocycles. The van der Waals surface area contributed by atoms with E-state index in [1.807, 2.05) is 30.3 Å². The minimum Gasteiger partial charge on any atom is -0.474 e. The van der Waals surface area contributed by atoms with Crippen LogP contribution in [0.2, 0.25) is 0 Å². The maximum Gasteiger partial charge on any atom is 0.272 e. The van der Waals surface area contributed by atoms with Crippen LogP contribution >= 0.6 is 0 Å². The van der Waals surface area contributed by atoms with E-state index >= 15 is 0 Å². The largest absolute Gasteiger partial charge is 0.474 e.